The summed E-state index contributed by atoms with van der Waals surface area (Å²) in [5, 5.41) is 3.48. The van der Waals surface area contributed by atoms with Crippen LogP contribution in [0.3, 0.4) is 0 Å². The zero-order chi connectivity index (χ0) is 14.7. The third-order valence-corrected chi connectivity index (χ3v) is 3.56. The fourth-order valence-electron chi connectivity index (χ4n) is 2.09. The molecule has 3 rings (SSSR count). The Balaban J connectivity index is 1.61. The fraction of sp³-hybridized carbons (Fsp3) is 0.125. The summed E-state index contributed by atoms with van der Waals surface area (Å²) >= 11 is 6.04. The molecular formula is C16H13ClN2O2. The van der Waals surface area contributed by atoms with Gasteiger partial charge in [0.05, 0.1) is 6.42 Å². The van der Waals surface area contributed by atoms with E-state index in [0.717, 1.165) is 16.6 Å². The molecule has 0 aliphatic heterocycles. The standard InChI is InChI=1S/C16H13ClN2O2/c17-13-4-2-1-3-12(13)8-16(20)18-9-11-5-6-14-15(7-11)21-10-19-14/h1-7,10H,8-9H2,(H,18,20). The van der Waals surface area contributed by atoms with Gasteiger partial charge in [0.1, 0.15) is 5.52 Å². The van der Waals surface area contributed by atoms with Crippen LogP contribution in [0.1, 0.15) is 11.1 Å². The van der Waals surface area contributed by atoms with Gasteiger partial charge in [-0.1, -0.05) is 35.9 Å². The average molecular weight is 301 g/mol. The van der Waals surface area contributed by atoms with Gasteiger partial charge in [0.2, 0.25) is 5.91 Å². The number of hydrogen-bond acceptors (Lipinski definition) is 3. The van der Waals surface area contributed by atoms with Gasteiger partial charge >= 0.3 is 0 Å². The van der Waals surface area contributed by atoms with E-state index in [1.807, 2.05) is 36.4 Å². The van der Waals surface area contributed by atoms with Crippen molar-refractivity contribution in [3.8, 4) is 0 Å². The molecule has 0 bridgehead atoms. The molecule has 1 amide bonds. The molecule has 106 valence electrons. The third-order valence-electron chi connectivity index (χ3n) is 3.19. The zero-order valence-electron chi connectivity index (χ0n) is 11.2. The number of rotatable bonds is 4. The van der Waals surface area contributed by atoms with Crippen molar-refractivity contribution in [1.82, 2.24) is 10.3 Å². The van der Waals surface area contributed by atoms with Crippen LogP contribution >= 0.6 is 11.6 Å². The van der Waals surface area contributed by atoms with Gasteiger partial charge in [0, 0.05) is 11.6 Å². The monoisotopic (exact) mass is 300 g/mol. The van der Waals surface area contributed by atoms with E-state index in [1.165, 1.54) is 6.39 Å². The first-order chi connectivity index (χ1) is 10.2. The van der Waals surface area contributed by atoms with Crippen molar-refractivity contribution < 1.29 is 9.21 Å². The van der Waals surface area contributed by atoms with Crippen LogP contribution in [0, 0.1) is 0 Å². The lowest BCUT2D eigenvalue weighted by Gasteiger charge is -2.06. The van der Waals surface area contributed by atoms with Crippen LogP contribution in [0.15, 0.2) is 53.3 Å². The lowest BCUT2D eigenvalue weighted by Crippen LogP contribution is -2.24. The summed E-state index contributed by atoms with van der Waals surface area (Å²) in [5.74, 6) is -0.0687. The number of carbonyl (C=O) groups excluding carboxylic acids is 1. The molecule has 4 nitrogen and oxygen atoms in total. The van der Waals surface area contributed by atoms with Crippen LogP contribution in [0.5, 0.6) is 0 Å². The number of aromatic nitrogens is 1. The fourth-order valence-corrected chi connectivity index (χ4v) is 2.29. The van der Waals surface area contributed by atoms with Crippen molar-refractivity contribution >= 4 is 28.6 Å². The molecule has 21 heavy (non-hydrogen) atoms. The Morgan fingerprint density at radius 1 is 1.24 bits per heavy atom. The molecule has 1 N–H and O–H groups in total. The summed E-state index contributed by atoms with van der Waals surface area (Å²) in [5.41, 5.74) is 3.31. The Labute approximate surface area is 126 Å². The molecule has 5 heteroatoms. The van der Waals surface area contributed by atoms with Crippen LogP contribution in [-0.2, 0) is 17.8 Å². The highest BCUT2D eigenvalue weighted by Gasteiger charge is 2.07. The summed E-state index contributed by atoms with van der Waals surface area (Å²) in [6.45, 7) is 0.444. The molecule has 1 heterocycles. The van der Waals surface area contributed by atoms with Crippen LogP contribution in [0.2, 0.25) is 5.02 Å². The van der Waals surface area contributed by atoms with E-state index in [4.69, 9.17) is 16.0 Å². The second-order valence-corrected chi connectivity index (χ2v) is 5.11. The van der Waals surface area contributed by atoms with Gasteiger partial charge in [-0.3, -0.25) is 4.79 Å². The summed E-state index contributed by atoms with van der Waals surface area (Å²) in [6, 6.07) is 13.0. The smallest absolute Gasteiger partial charge is 0.224 e. The molecule has 3 aromatic rings. The second-order valence-electron chi connectivity index (χ2n) is 4.70. The number of carbonyl (C=O) groups is 1. The maximum absolute atomic E-state index is 11.9. The number of oxazole rings is 1. The lowest BCUT2D eigenvalue weighted by atomic mass is 10.1. The Morgan fingerprint density at radius 2 is 2.10 bits per heavy atom. The number of nitrogens with zero attached hydrogens (tertiary/aromatic N) is 1. The molecule has 0 unspecified atom stereocenters. The predicted octanol–water partition coefficient (Wildman–Crippen LogP) is 3.34. The van der Waals surface area contributed by atoms with Crippen molar-refractivity contribution in [3.05, 3.63) is 65.0 Å². The molecule has 0 atom stereocenters. The molecule has 0 spiro atoms. The molecule has 0 aliphatic carbocycles. The number of nitrogens with one attached hydrogen (secondary N) is 1. The van der Waals surface area contributed by atoms with Crippen LogP contribution in [0.25, 0.3) is 11.1 Å². The number of hydrogen-bond donors (Lipinski definition) is 1. The van der Waals surface area contributed by atoms with Crippen molar-refractivity contribution in [2.24, 2.45) is 0 Å². The predicted molar refractivity (Wildman–Crippen MR) is 81.0 cm³/mol. The molecule has 0 fully saturated rings. The van der Waals surface area contributed by atoms with Crippen molar-refractivity contribution in [2.45, 2.75) is 13.0 Å². The summed E-state index contributed by atoms with van der Waals surface area (Å²) in [4.78, 5) is 16.0. The van der Waals surface area contributed by atoms with E-state index < -0.39 is 0 Å². The van der Waals surface area contributed by atoms with E-state index in [0.29, 0.717) is 17.2 Å². The highest BCUT2D eigenvalue weighted by Crippen LogP contribution is 2.16. The third kappa shape index (κ3) is 3.23. The number of benzene rings is 2. The molecule has 0 saturated heterocycles. The maximum atomic E-state index is 11.9. The Bertz CT molecular complexity index is 783. The van der Waals surface area contributed by atoms with Gasteiger partial charge in [-0.05, 0) is 29.3 Å². The van der Waals surface area contributed by atoms with Gasteiger partial charge in [-0.2, -0.15) is 0 Å². The van der Waals surface area contributed by atoms with E-state index in [2.05, 4.69) is 10.3 Å². The minimum Gasteiger partial charge on any atom is -0.443 e. The first-order valence-corrected chi connectivity index (χ1v) is 6.92. The first kappa shape index (κ1) is 13.6. The topological polar surface area (TPSA) is 55.1 Å². The highest BCUT2D eigenvalue weighted by atomic mass is 35.5. The number of fused-ring (bicyclic) bond motifs is 1. The van der Waals surface area contributed by atoms with Crippen LogP contribution in [-0.4, -0.2) is 10.9 Å². The molecule has 0 radical (unpaired) electrons. The first-order valence-electron chi connectivity index (χ1n) is 6.54. The Morgan fingerprint density at radius 3 is 2.95 bits per heavy atom. The number of halogens is 1. The van der Waals surface area contributed by atoms with Crippen molar-refractivity contribution in [3.63, 3.8) is 0 Å². The molecule has 0 aliphatic rings. The van der Waals surface area contributed by atoms with Crippen molar-refractivity contribution in [2.75, 3.05) is 0 Å². The van der Waals surface area contributed by atoms with E-state index in [9.17, 15) is 4.79 Å². The minimum absolute atomic E-state index is 0.0687. The van der Waals surface area contributed by atoms with Crippen LogP contribution < -0.4 is 5.32 Å². The van der Waals surface area contributed by atoms with Gasteiger partial charge in [0.15, 0.2) is 12.0 Å². The minimum atomic E-state index is -0.0687. The SMILES string of the molecule is O=C(Cc1ccccc1Cl)NCc1ccc2ncoc2c1. The van der Waals surface area contributed by atoms with Crippen LogP contribution in [0.4, 0.5) is 0 Å². The van der Waals surface area contributed by atoms with Gasteiger partial charge in [-0.25, -0.2) is 4.98 Å². The average Bonchev–Trinajstić information content (AvgIpc) is 2.95. The largest absolute Gasteiger partial charge is 0.443 e. The second kappa shape index (κ2) is 5.97. The lowest BCUT2D eigenvalue weighted by molar-refractivity contribution is -0.120. The molecule has 2 aromatic carbocycles. The van der Waals surface area contributed by atoms with Gasteiger partial charge < -0.3 is 9.73 Å². The van der Waals surface area contributed by atoms with E-state index in [-0.39, 0.29) is 12.3 Å². The van der Waals surface area contributed by atoms with Crippen molar-refractivity contribution in [1.29, 1.82) is 0 Å². The van der Waals surface area contributed by atoms with E-state index >= 15 is 0 Å². The zero-order valence-corrected chi connectivity index (χ0v) is 11.9. The van der Waals surface area contributed by atoms with Gasteiger partial charge in [0.25, 0.3) is 0 Å². The van der Waals surface area contributed by atoms with Gasteiger partial charge in [-0.15, -0.1) is 0 Å². The maximum Gasteiger partial charge on any atom is 0.224 e. The number of amides is 1. The van der Waals surface area contributed by atoms with E-state index in [1.54, 1.807) is 6.07 Å². The quantitative estimate of drug-likeness (QED) is 0.804. The summed E-state index contributed by atoms with van der Waals surface area (Å²) < 4.78 is 5.24. The highest BCUT2D eigenvalue weighted by molar-refractivity contribution is 6.31. The molecule has 0 saturated carbocycles. The molecule has 1 aromatic heterocycles. The Hall–Kier alpha value is -2.33. The normalized spacial score (nSPS) is 10.7. The summed E-state index contributed by atoms with van der Waals surface area (Å²) in [6.07, 6.45) is 1.68. The Kier molecular flexibility index (Phi) is 3.88. The summed E-state index contributed by atoms with van der Waals surface area (Å²) in [7, 11) is 0. The molecular weight excluding hydrogens is 288 g/mol.